The fourth-order valence-corrected chi connectivity index (χ4v) is 3.02. The Morgan fingerprint density at radius 1 is 0.588 bits per heavy atom. The van der Waals surface area contributed by atoms with Crippen LogP contribution in [0.25, 0.3) is 0 Å². The largest absolute Gasteiger partial charge is 0.480 e. The van der Waals surface area contributed by atoms with Crippen LogP contribution in [0.5, 0.6) is 0 Å². The smallest absolute Gasteiger partial charge is 0.334 e. The predicted molar refractivity (Wildman–Crippen MR) is 104 cm³/mol. The molecule has 0 unspecified atom stereocenters. The van der Waals surface area contributed by atoms with E-state index in [1.54, 1.807) is 0 Å². The van der Waals surface area contributed by atoms with Gasteiger partial charge in [0.15, 0.2) is 0 Å². The molecule has 16 nitrogen and oxygen atoms in total. The molecule has 0 bridgehead atoms. The zero-order valence-corrected chi connectivity index (χ0v) is 17.8. The van der Waals surface area contributed by atoms with E-state index in [4.69, 9.17) is 19.7 Å². The number of barbiturate groups is 2. The fourth-order valence-electron chi connectivity index (χ4n) is 3.02. The maximum absolute atomic E-state index is 12.1. The van der Waals surface area contributed by atoms with Crippen molar-refractivity contribution in [2.75, 3.05) is 52.6 Å². The zero-order valence-electron chi connectivity index (χ0n) is 17.8. The number of hydrogen-bond donors (Lipinski definition) is 2. The Morgan fingerprint density at radius 3 is 1.24 bits per heavy atom. The van der Waals surface area contributed by atoms with E-state index < -0.39 is 73.6 Å². The van der Waals surface area contributed by atoms with Gasteiger partial charge in [0.25, 0.3) is 0 Å². The first-order valence-corrected chi connectivity index (χ1v) is 9.91. The minimum Gasteiger partial charge on any atom is -0.480 e. The molecule has 2 fully saturated rings. The quantitative estimate of drug-likeness (QED) is 0.205. The molecule has 0 saturated carbocycles. The Hall–Kier alpha value is -3.92. The number of carbonyl (C=O) groups excluding carboxylic acids is 6. The molecule has 34 heavy (non-hydrogen) atoms. The van der Waals surface area contributed by atoms with Gasteiger partial charge in [0.1, 0.15) is 25.9 Å². The number of amides is 8. The van der Waals surface area contributed by atoms with Crippen LogP contribution in [0.15, 0.2) is 0 Å². The molecular weight excluding hydrogens is 464 g/mol. The number of hydrogen-bond acceptors (Lipinski definition) is 10. The van der Waals surface area contributed by atoms with Crippen LogP contribution in [0.1, 0.15) is 12.8 Å². The van der Waals surface area contributed by atoms with Crippen molar-refractivity contribution >= 4 is 47.6 Å². The van der Waals surface area contributed by atoms with Crippen LogP contribution in [0, 0.1) is 0 Å². The molecule has 0 aromatic rings. The molecule has 0 atom stereocenters. The first-order chi connectivity index (χ1) is 16.0. The van der Waals surface area contributed by atoms with Crippen molar-refractivity contribution in [3.05, 3.63) is 0 Å². The third-order valence-corrected chi connectivity index (χ3v) is 4.61. The normalized spacial score (nSPS) is 17.2. The molecular formula is C18H22N4O12. The molecule has 0 aromatic heterocycles. The highest BCUT2D eigenvalue weighted by atomic mass is 16.5. The second-order valence-corrected chi connectivity index (χ2v) is 6.98. The number of carboxylic acids is 2. The Kier molecular flexibility index (Phi) is 9.14. The Labute approximate surface area is 191 Å². The SMILES string of the molecule is O=C(O)CN1C(=O)CC(=O)N(CCOCCOCCN2C(=O)CC(=O)N(CC(=O)O)C2=O)C1=O. The number of rotatable bonds is 13. The van der Waals surface area contributed by atoms with E-state index in [-0.39, 0.29) is 39.5 Å². The number of nitrogens with zero attached hydrogens (tertiary/aromatic N) is 4. The van der Waals surface area contributed by atoms with E-state index in [1.807, 2.05) is 0 Å². The van der Waals surface area contributed by atoms with Gasteiger partial charge in [0, 0.05) is 0 Å². The topological polar surface area (TPSA) is 208 Å². The van der Waals surface area contributed by atoms with Crippen molar-refractivity contribution < 1.29 is 58.0 Å². The number of aliphatic carboxylic acids is 2. The highest BCUT2D eigenvalue weighted by Crippen LogP contribution is 2.13. The monoisotopic (exact) mass is 486 g/mol. The van der Waals surface area contributed by atoms with Crippen molar-refractivity contribution in [2.24, 2.45) is 0 Å². The van der Waals surface area contributed by atoms with Crippen molar-refractivity contribution in [3.63, 3.8) is 0 Å². The Bertz CT molecular complexity index is 831. The first-order valence-electron chi connectivity index (χ1n) is 9.91. The van der Waals surface area contributed by atoms with Gasteiger partial charge in [-0.2, -0.15) is 0 Å². The van der Waals surface area contributed by atoms with Gasteiger partial charge in [-0.05, 0) is 0 Å². The third-order valence-electron chi connectivity index (χ3n) is 4.61. The minimum atomic E-state index is -1.40. The second kappa shape index (κ2) is 11.8. The van der Waals surface area contributed by atoms with Gasteiger partial charge in [-0.25, -0.2) is 9.59 Å². The Morgan fingerprint density at radius 2 is 0.912 bits per heavy atom. The van der Waals surface area contributed by atoms with Crippen molar-refractivity contribution in [1.29, 1.82) is 0 Å². The van der Waals surface area contributed by atoms with Crippen LogP contribution in [-0.4, -0.2) is 130 Å². The molecule has 16 heteroatoms. The maximum atomic E-state index is 12.1. The standard InChI is InChI=1S/C18H22N4O12/c23-11-7-13(25)21(9-15(27)28)17(31)19(11)1-3-33-5-6-34-4-2-20-12(24)8-14(26)22(18(20)32)10-16(29)30/h1-10H2,(H,27,28)(H,29,30). The molecule has 0 radical (unpaired) electrons. The van der Waals surface area contributed by atoms with E-state index in [2.05, 4.69) is 0 Å². The van der Waals surface area contributed by atoms with Gasteiger partial charge >= 0.3 is 24.0 Å². The summed E-state index contributed by atoms with van der Waals surface area (Å²) in [5, 5.41) is 17.5. The molecule has 0 aromatic carbocycles. The average Bonchev–Trinajstić information content (AvgIpc) is 2.74. The second-order valence-electron chi connectivity index (χ2n) is 6.98. The van der Waals surface area contributed by atoms with E-state index in [1.165, 1.54) is 0 Å². The van der Waals surface area contributed by atoms with Gasteiger partial charge in [0.2, 0.25) is 23.6 Å². The average molecular weight is 486 g/mol. The van der Waals surface area contributed by atoms with Gasteiger partial charge in [-0.15, -0.1) is 0 Å². The molecule has 2 aliphatic heterocycles. The van der Waals surface area contributed by atoms with Crippen molar-refractivity contribution in [2.45, 2.75) is 12.8 Å². The van der Waals surface area contributed by atoms with Gasteiger partial charge < -0.3 is 19.7 Å². The van der Waals surface area contributed by atoms with E-state index in [9.17, 15) is 38.4 Å². The van der Waals surface area contributed by atoms with E-state index in [0.29, 0.717) is 19.6 Å². The molecule has 2 saturated heterocycles. The number of ether oxygens (including phenoxy) is 2. The van der Waals surface area contributed by atoms with Crippen LogP contribution in [0.3, 0.4) is 0 Å². The van der Waals surface area contributed by atoms with Gasteiger partial charge in [-0.3, -0.25) is 48.4 Å². The molecule has 2 rings (SSSR count). The maximum Gasteiger partial charge on any atom is 0.334 e. The lowest BCUT2D eigenvalue weighted by Gasteiger charge is -2.31. The zero-order chi connectivity index (χ0) is 25.4. The van der Waals surface area contributed by atoms with Crippen LogP contribution in [0.2, 0.25) is 0 Å². The molecule has 2 aliphatic rings. The summed E-state index contributed by atoms with van der Waals surface area (Å²) in [4.78, 5) is 95.2. The minimum absolute atomic E-state index is 0.000486. The van der Waals surface area contributed by atoms with Gasteiger partial charge in [0.05, 0.1) is 39.5 Å². The fraction of sp³-hybridized carbons (Fsp3) is 0.556. The third kappa shape index (κ3) is 6.79. The van der Waals surface area contributed by atoms with Crippen LogP contribution in [0.4, 0.5) is 9.59 Å². The summed E-state index contributed by atoms with van der Waals surface area (Å²) in [5.41, 5.74) is 0. The van der Waals surface area contributed by atoms with Crippen molar-refractivity contribution in [1.82, 2.24) is 19.6 Å². The lowest BCUT2D eigenvalue weighted by molar-refractivity contribution is -0.149. The first kappa shape index (κ1) is 26.3. The van der Waals surface area contributed by atoms with E-state index in [0.717, 1.165) is 0 Å². The highest BCUT2D eigenvalue weighted by molar-refractivity contribution is 6.15. The van der Waals surface area contributed by atoms with Crippen LogP contribution >= 0.6 is 0 Å². The summed E-state index contributed by atoms with van der Waals surface area (Å²) in [5.74, 6) is -6.16. The molecule has 186 valence electrons. The molecule has 8 amide bonds. The number of imide groups is 4. The molecule has 0 spiro atoms. The number of urea groups is 2. The number of carboxylic acid groups (broad SMARTS) is 2. The summed E-state index contributed by atoms with van der Waals surface area (Å²) in [7, 11) is 0. The summed E-state index contributed by atoms with van der Waals surface area (Å²) in [6.07, 6.45) is -1.27. The molecule has 2 N–H and O–H groups in total. The van der Waals surface area contributed by atoms with Gasteiger partial charge in [-0.1, -0.05) is 0 Å². The lowest BCUT2D eigenvalue weighted by Crippen LogP contribution is -2.57. The lowest BCUT2D eigenvalue weighted by atomic mass is 10.2. The predicted octanol–water partition coefficient (Wildman–Crippen LogP) is -2.45. The molecule has 2 heterocycles. The number of carbonyl (C=O) groups is 8. The van der Waals surface area contributed by atoms with Crippen LogP contribution in [-0.2, 0) is 38.2 Å². The van der Waals surface area contributed by atoms with Crippen molar-refractivity contribution in [3.8, 4) is 0 Å². The summed E-state index contributed by atoms with van der Waals surface area (Å²) in [6, 6.07) is -2.09. The summed E-state index contributed by atoms with van der Waals surface area (Å²) >= 11 is 0. The highest BCUT2D eigenvalue weighted by Gasteiger charge is 2.39. The summed E-state index contributed by atoms with van der Waals surface area (Å²) < 4.78 is 10.5. The Balaban J connectivity index is 1.68. The van der Waals surface area contributed by atoms with Crippen LogP contribution < -0.4 is 0 Å². The molecule has 0 aliphatic carbocycles. The van der Waals surface area contributed by atoms with E-state index >= 15 is 0 Å². The summed E-state index contributed by atoms with van der Waals surface area (Å²) in [6.45, 7) is -2.40.